The lowest BCUT2D eigenvalue weighted by Gasteiger charge is -2.26. The molecule has 4 N–H and O–H groups in total. The number of hydrogen-bond donors (Lipinski definition) is 3. The van der Waals surface area contributed by atoms with Crippen molar-refractivity contribution in [1.82, 2.24) is 20.3 Å². The van der Waals surface area contributed by atoms with Crippen molar-refractivity contribution in [1.29, 1.82) is 0 Å². The van der Waals surface area contributed by atoms with Crippen LogP contribution >= 0.6 is 0 Å². The topological polar surface area (TPSA) is 150 Å². The summed E-state index contributed by atoms with van der Waals surface area (Å²) in [5, 5.41) is 14.5. The SMILES string of the molecule is C[C@](O)(CNC(=O)c1ccc(OC2CC2)c(-c2cnc(C3CC3)nc2)c1)c1cc2c(c(-c3ccc(F)cc3)n1)OC[C@]2(C)C(N)=O. The second-order valence-corrected chi connectivity index (χ2v) is 12.8. The molecule has 0 bridgehead atoms. The van der Waals surface area contributed by atoms with Gasteiger partial charge in [-0.25, -0.2) is 19.3 Å². The number of carbonyl (C=O) groups excluding carboxylic acids is 2. The fraction of sp³-hybridized carbons (Fsp3) is 0.343. The van der Waals surface area contributed by atoms with Crippen LogP contribution in [0.25, 0.3) is 22.4 Å². The van der Waals surface area contributed by atoms with E-state index in [0.717, 1.165) is 37.1 Å². The van der Waals surface area contributed by atoms with Crippen molar-refractivity contribution in [3.63, 3.8) is 0 Å². The number of fused-ring (bicyclic) bond motifs is 1. The maximum absolute atomic E-state index is 13.7. The van der Waals surface area contributed by atoms with Gasteiger partial charge in [-0.05, 0) is 88.1 Å². The summed E-state index contributed by atoms with van der Waals surface area (Å²) in [6.07, 6.45) is 7.86. The summed E-state index contributed by atoms with van der Waals surface area (Å²) in [5.74, 6) is 0.808. The largest absolute Gasteiger partial charge is 0.490 e. The average Bonchev–Trinajstić information content (AvgIpc) is 3.99. The highest BCUT2D eigenvalue weighted by molar-refractivity contribution is 5.96. The van der Waals surface area contributed by atoms with Gasteiger partial charge < -0.3 is 25.6 Å². The first-order valence-electron chi connectivity index (χ1n) is 15.4. The molecule has 46 heavy (non-hydrogen) atoms. The molecular weight excluding hydrogens is 589 g/mol. The highest BCUT2D eigenvalue weighted by Crippen LogP contribution is 2.45. The van der Waals surface area contributed by atoms with Gasteiger partial charge >= 0.3 is 0 Å². The Morgan fingerprint density at radius 1 is 1.09 bits per heavy atom. The van der Waals surface area contributed by atoms with Crippen molar-refractivity contribution in [2.24, 2.45) is 5.73 Å². The lowest BCUT2D eigenvalue weighted by Crippen LogP contribution is -2.41. The van der Waals surface area contributed by atoms with E-state index in [0.29, 0.717) is 45.4 Å². The minimum absolute atomic E-state index is 0.00693. The minimum Gasteiger partial charge on any atom is -0.490 e. The summed E-state index contributed by atoms with van der Waals surface area (Å²) in [5.41, 5.74) is 6.25. The van der Waals surface area contributed by atoms with Crippen LogP contribution in [-0.4, -0.2) is 51.1 Å². The molecule has 0 radical (unpaired) electrons. The molecular formula is C35H34FN5O5. The molecule has 2 aromatic heterocycles. The molecule has 11 heteroatoms. The summed E-state index contributed by atoms with van der Waals surface area (Å²) in [6.45, 7) is 2.97. The number of nitrogens with zero attached hydrogens (tertiary/aromatic N) is 3. The smallest absolute Gasteiger partial charge is 0.251 e. The zero-order valence-electron chi connectivity index (χ0n) is 25.5. The van der Waals surface area contributed by atoms with E-state index in [1.54, 1.807) is 55.7 Å². The molecule has 2 atom stereocenters. The van der Waals surface area contributed by atoms with Crippen molar-refractivity contribution in [3.05, 3.63) is 89.4 Å². The number of ether oxygens (including phenoxy) is 2. The number of halogens is 1. The molecule has 2 aliphatic carbocycles. The Hall–Kier alpha value is -4.90. The van der Waals surface area contributed by atoms with Gasteiger partial charge in [0.05, 0.1) is 18.3 Å². The molecule has 10 nitrogen and oxygen atoms in total. The van der Waals surface area contributed by atoms with Gasteiger partial charge in [0.25, 0.3) is 5.91 Å². The van der Waals surface area contributed by atoms with Crippen molar-refractivity contribution in [3.8, 4) is 33.9 Å². The second-order valence-electron chi connectivity index (χ2n) is 12.8. The van der Waals surface area contributed by atoms with Crippen LogP contribution in [0.4, 0.5) is 4.39 Å². The number of nitrogens with one attached hydrogen (secondary N) is 1. The Bertz CT molecular complexity index is 1840. The Morgan fingerprint density at radius 3 is 2.46 bits per heavy atom. The molecule has 236 valence electrons. The Kier molecular flexibility index (Phi) is 7.23. The number of primary amides is 1. The van der Waals surface area contributed by atoms with Gasteiger partial charge in [0, 0.05) is 46.1 Å². The van der Waals surface area contributed by atoms with E-state index in [-0.39, 0.29) is 24.9 Å². The third-order valence-electron chi connectivity index (χ3n) is 8.86. The number of pyridine rings is 1. The predicted octanol–water partition coefficient (Wildman–Crippen LogP) is 4.54. The number of hydrogen-bond acceptors (Lipinski definition) is 8. The zero-order valence-corrected chi connectivity index (χ0v) is 25.5. The van der Waals surface area contributed by atoms with E-state index in [1.165, 1.54) is 19.1 Å². The van der Waals surface area contributed by atoms with Gasteiger partial charge in [-0.15, -0.1) is 0 Å². The van der Waals surface area contributed by atoms with Gasteiger partial charge in [0.1, 0.15) is 46.5 Å². The summed E-state index contributed by atoms with van der Waals surface area (Å²) in [7, 11) is 0. The molecule has 1 aliphatic heterocycles. The number of aliphatic hydroxyl groups is 1. The number of benzene rings is 2. The van der Waals surface area contributed by atoms with E-state index in [9.17, 15) is 19.1 Å². The Balaban J connectivity index is 1.17. The molecule has 2 fully saturated rings. The molecule has 4 aromatic rings. The third-order valence-corrected chi connectivity index (χ3v) is 8.86. The van der Waals surface area contributed by atoms with Crippen LogP contribution in [0.2, 0.25) is 0 Å². The van der Waals surface area contributed by atoms with Crippen LogP contribution in [0.5, 0.6) is 11.5 Å². The molecule has 0 saturated heterocycles. The number of carbonyl (C=O) groups is 2. The minimum atomic E-state index is -1.68. The third kappa shape index (κ3) is 5.66. The summed E-state index contributed by atoms with van der Waals surface area (Å²) < 4.78 is 25.8. The first-order valence-corrected chi connectivity index (χ1v) is 15.4. The van der Waals surface area contributed by atoms with Crippen molar-refractivity contribution in [2.45, 2.75) is 62.6 Å². The number of rotatable bonds is 10. The fourth-order valence-electron chi connectivity index (χ4n) is 5.51. The average molecular weight is 624 g/mol. The van der Waals surface area contributed by atoms with Crippen LogP contribution in [0.3, 0.4) is 0 Å². The van der Waals surface area contributed by atoms with Gasteiger partial charge in [-0.1, -0.05) is 0 Å². The van der Waals surface area contributed by atoms with Crippen LogP contribution in [-0.2, 0) is 15.8 Å². The molecule has 2 aromatic carbocycles. The van der Waals surface area contributed by atoms with Gasteiger partial charge in [0.15, 0.2) is 0 Å². The number of amides is 2. The zero-order chi connectivity index (χ0) is 32.2. The summed E-state index contributed by atoms with van der Waals surface area (Å²) >= 11 is 0. The molecule has 3 aliphatic rings. The lowest BCUT2D eigenvalue weighted by molar-refractivity contribution is -0.123. The van der Waals surface area contributed by atoms with Crippen LogP contribution in [0.1, 0.15) is 72.9 Å². The number of aromatic nitrogens is 3. The maximum Gasteiger partial charge on any atom is 0.251 e. The van der Waals surface area contributed by atoms with E-state index in [4.69, 9.17) is 15.2 Å². The molecule has 2 amide bonds. The monoisotopic (exact) mass is 623 g/mol. The van der Waals surface area contributed by atoms with Crippen molar-refractivity contribution in [2.75, 3.05) is 13.2 Å². The Labute approximate surface area is 265 Å². The first-order chi connectivity index (χ1) is 22.0. The molecule has 7 rings (SSSR count). The summed E-state index contributed by atoms with van der Waals surface area (Å²) in [4.78, 5) is 39.8. The highest BCUT2D eigenvalue weighted by atomic mass is 19.1. The predicted molar refractivity (Wildman–Crippen MR) is 167 cm³/mol. The quantitative estimate of drug-likeness (QED) is 0.233. The van der Waals surface area contributed by atoms with Crippen LogP contribution in [0, 0.1) is 5.82 Å². The standard InChI is InChI=1S/C35H34FN5O5/c1-34(33(37)43)18-45-30-26(34)14-28(41-29(30)19-5-8-23(36)9-6-19)35(2,44)17-40-32(42)21-7-12-27(46-24-10-11-24)25(13-21)22-15-38-31(39-16-22)20-3-4-20/h5-9,12-16,20,24,44H,3-4,10-11,17-18H2,1-2H3,(H2,37,43)(H,40,42)/t34-,35-/m0/s1. The normalized spacial score (nSPS) is 19.9. The highest BCUT2D eigenvalue weighted by Gasteiger charge is 2.45. The van der Waals surface area contributed by atoms with Gasteiger partial charge in [-0.2, -0.15) is 0 Å². The van der Waals surface area contributed by atoms with E-state index in [1.807, 2.05) is 0 Å². The van der Waals surface area contributed by atoms with Gasteiger partial charge in [-0.3, -0.25) is 9.59 Å². The maximum atomic E-state index is 13.7. The van der Waals surface area contributed by atoms with E-state index >= 15 is 0 Å². The molecule has 3 heterocycles. The lowest BCUT2D eigenvalue weighted by atomic mass is 9.82. The van der Waals surface area contributed by atoms with E-state index in [2.05, 4.69) is 20.3 Å². The molecule has 0 spiro atoms. The second kappa shape index (κ2) is 11.2. The molecule has 2 saturated carbocycles. The fourth-order valence-corrected chi connectivity index (χ4v) is 5.51. The van der Waals surface area contributed by atoms with Gasteiger partial charge in [0.2, 0.25) is 5.91 Å². The summed E-state index contributed by atoms with van der Waals surface area (Å²) in [6, 6.07) is 12.4. The van der Waals surface area contributed by atoms with Crippen molar-refractivity contribution < 1.29 is 28.6 Å². The van der Waals surface area contributed by atoms with E-state index < -0.39 is 28.6 Å². The van der Waals surface area contributed by atoms with Crippen LogP contribution in [0.15, 0.2) is 60.9 Å². The Morgan fingerprint density at radius 2 is 1.80 bits per heavy atom. The number of nitrogens with two attached hydrogens (primary N) is 1. The van der Waals surface area contributed by atoms with Crippen LogP contribution < -0.4 is 20.5 Å². The molecule has 0 unspecified atom stereocenters. The first kappa shape index (κ1) is 29.8. The van der Waals surface area contributed by atoms with Crippen molar-refractivity contribution >= 4 is 11.8 Å².